The van der Waals surface area contributed by atoms with Crippen molar-refractivity contribution in [3.63, 3.8) is 0 Å². The van der Waals surface area contributed by atoms with Crippen LogP contribution in [0.2, 0.25) is 0 Å². The Labute approximate surface area is 117 Å². The number of nitrogens with zero attached hydrogens (tertiary/aromatic N) is 1. The van der Waals surface area contributed by atoms with Gasteiger partial charge in [0.2, 0.25) is 0 Å². The van der Waals surface area contributed by atoms with E-state index < -0.39 is 31.3 Å². The lowest BCUT2D eigenvalue weighted by atomic mass is 10.2. The Morgan fingerprint density at radius 1 is 1.38 bits per heavy atom. The number of alkyl halides is 5. The lowest BCUT2D eigenvalue weighted by molar-refractivity contribution is -0.205. The highest BCUT2D eigenvalue weighted by Crippen LogP contribution is 2.22. The van der Waals surface area contributed by atoms with Gasteiger partial charge in [0.15, 0.2) is 6.10 Å². The molecule has 1 rings (SSSR count). The first-order valence-electron chi connectivity index (χ1n) is 5.76. The Kier molecular flexibility index (Phi) is 5.47. The van der Waals surface area contributed by atoms with Crippen LogP contribution in [-0.2, 0) is 0 Å². The monoisotopic (exact) mass is 312 g/mol. The number of benzene rings is 1. The van der Waals surface area contributed by atoms with Crippen molar-refractivity contribution in [3.8, 4) is 0 Å². The van der Waals surface area contributed by atoms with Gasteiger partial charge in [-0.15, -0.1) is 0 Å². The van der Waals surface area contributed by atoms with Gasteiger partial charge in [0.05, 0.1) is 6.54 Å². The molecular weight excluding hydrogens is 299 g/mol. The van der Waals surface area contributed by atoms with Crippen LogP contribution in [0.3, 0.4) is 0 Å². The Hall–Kier alpha value is -1.90. The van der Waals surface area contributed by atoms with E-state index in [4.69, 9.17) is 5.11 Å². The Morgan fingerprint density at radius 3 is 2.52 bits per heavy atom. The fourth-order valence-corrected chi connectivity index (χ4v) is 1.42. The van der Waals surface area contributed by atoms with Crippen LogP contribution < -0.4 is 5.32 Å². The molecule has 0 bridgehead atoms. The summed E-state index contributed by atoms with van der Waals surface area (Å²) in [4.78, 5) is 12.2. The zero-order valence-electron chi connectivity index (χ0n) is 10.9. The van der Waals surface area contributed by atoms with Gasteiger partial charge in [-0.1, -0.05) is 12.1 Å². The summed E-state index contributed by atoms with van der Waals surface area (Å²) in [6.07, 6.45) is -10.3. The van der Waals surface area contributed by atoms with Crippen LogP contribution in [0.25, 0.3) is 0 Å². The molecule has 1 aromatic rings. The summed E-state index contributed by atoms with van der Waals surface area (Å²) in [5.41, 5.74) is -0.308. The zero-order valence-corrected chi connectivity index (χ0v) is 10.9. The van der Waals surface area contributed by atoms with Crippen LogP contribution in [0, 0.1) is 0 Å². The quantitative estimate of drug-likeness (QED) is 0.840. The number of hydrogen-bond donors (Lipinski definition) is 2. The third-order valence-electron chi connectivity index (χ3n) is 2.56. The smallest absolute Gasteiger partial charge is 0.382 e. The van der Waals surface area contributed by atoms with Crippen LogP contribution in [0.4, 0.5) is 32.4 Å². The first-order valence-corrected chi connectivity index (χ1v) is 5.76. The number of nitrogens with one attached hydrogen (secondary N) is 1. The summed E-state index contributed by atoms with van der Waals surface area (Å²) in [6.45, 7) is -0.968. The molecule has 2 amide bonds. The van der Waals surface area contributed by atoms with Crippen molar-refractivity contribution in [2.45, 2.75) is 18.7 Å². The van der Waals surface area contributed by atoms with Gasteiger partial charge in [-0.05, 0) is 12.1 Å². The van der Waals surface area contributed by atoms with Crippen LogP contribution in [0.5, 0.6) is 0 Å². The van der Waals surface area contributed by atoms with Gasteiger partial charge in [-0.2, -0.15) is 13.2 Å². The summed E-state index contributed by atoms with van der Waals surface area (Å²) in [5.74, 6) is 0. The maximum atomic E-state index is 12.5. The third kappa shape index (κ3) is 5.18. The van der Waals surface area contributed by atoms with E-state index in [2.05, 4.69) is 5.32 Å². The normalized spacial score (nSPS) is 13.1. The first kappa shape index (κ1) is 17.2. The molecule has 0 aliphatic rings. The minimum atomic E-state index is -4.84. The summed E-state index contributed by atoms with van der Waals surface area (Å²) in [7, 11) is 1.04. The number of anilines is 1. The topological polar surface area (TPSA) is 52.6 Å². The van der Waals surface area contributed by atoms with Crippen LogP contribution in [0.1, 0.15) is 12.0 Å². The number of hydrogen-bond acceptors (Lipinski definition) is 2. The minimum Gasteiger partial charge on any atom is -0.382 e. The average Bonchev–Trinajstić information content (AvgIpc) is 2.37. The number of halogens is 5. The van der Waals surface area contributed by atoms with Crippen molar-refractivity contribution in [2.24, 2.45) is 0 Å². The second kappa shape index (κ2) is 6.70. The predicted octanol–water partition coefficient (Wildman–Crippen LogP) is 3.01. The lowest BCUT2D eigenvalue weighted by Crippen LogP contribution is -2.43. The molecule has 0 aromatic heterocycles. The fourth-order valence-electron chi connectivity index (χ4n) is 1.42. The van der Waals surface area contributed by atoms with Gasteiger partial charge >= 0.3 is 12.2 Å². The molecule has 1 aromatic carbocycles. The number of likely N-dealkylation sites (N-methyl/N-ethyl adjacent to an activating group) is 1. The SMILES string of the molecule is CN(C[C@H](O)C(F)(F)F)C(=O)Nc1cccc(C(F)F)c1. The zero-order chi connectivity index (χ0) is 16.2. The minimum absolute atomic E-state index is 0.0196. The van der Waals surface area contributed by atoms with Gasteiger partial charge in [0.1, 0.15) is 0 Å². The van der Waals surface area contributed by atoms with E-state index >= 15 is 0 Å². The molecule has 0 heterocycles. The molecule has 0 radical (unpaired) electrons. The fraction of sp³-hybridized carbons (Fsp3) is 0.417. The first-order chi connectivity index (χ1) is 9.61. The van der Waals surface area contributed by atoms with E-state index in [-0.39, 0.29) is 11.3 Å². The average molecular weight is 312 g/mol. The maximum absolute atomic E-state index is 12.5. The van der Waals surface area contributed by atoms with Crippen LogP contribution in [-0.4, -0.2) is 41.9 Å². The number of amides is 2. The van der Waals surface area contributed by atoms with Crippen LogP contribution >= 0.6 is 0 Å². The van der Waals surface area contributed by atoms with E-state index in [0.29, 0.717) is 4.90 Å². The summed E-state index contributed by atoms with van der Waals surface area (Å²) >= 11 is 0. The highest BCUT2D eigenvalue weighted by molar-refractivity contribution is 5.89. The van der Waals surface area contributed by atoms with Gasteiger partial charge in [0, 0.05) is 18.3 Å². The second-order valence-electron chi connectivity index (χ2n) is 4.29. The lowest BCUT2D eigenvalue weighted by Gasteiger charge is -2.22. The van der Waals surface area contributed by atoms with Crippen molar-refractivity contribution in [2.75, 3.05) is 18.9 Å². The molecule has 4 nitrogen and oxygen atoms in total. The van der Waals surface area contributed by atoms with Crippen molar-refractivity contribution >= 4 is 11.7 Å². The van der Waals surface area contributed by atoms with Crippen molar-refractivity contribution in [1.82, 2.24) is 4.90 Å². The molecule has 21 heavy (non-hydrogen) atoms. The van der Waals surface area contributed by atoms with E-state index in [0.717, 1.165) is 19.2 Å². The highest BCUT2D eigenvalue weighted by atomic mass is 19.4. The molecule has 0 aliphatic heterocycles. The van der Waals surface area contributed by atoms with E-state index in [1.165, 1.54) is 12.1 Å². The molecule has 9 heteroatoms. The summed E-state index contributed by atoms with van der Waals surface area (Å²) in [5, 5.41) is 11.0. The molecule has 2 N–H and O–H groups in total. The van der Waals surface area contributed by atoms with Crippen LogP contribution in [0.15, 0.2) is 24.3 Å². The summed E-state index contributed by atoms with van der Waals surface area (Å²) < 4.78 is 61.4. The summed E-state index contributed by atoms with van der Waals surface area (Å²) in [6, 6.07) is 3.80. The molecule has 1 atom stereocenters. The van der Waals surface area contributed by atoms with Crippen molar-refractivity contribution in [1.29, 1.82) is 0 Å². The number of rotatable bonds is 4. The number of aliphatic hydroxyl groups excluding tert-OH is 1. The largest absolute Gasteiger partial charge is 0.416 e. The van der Waals surface area contributed by atoms with E-state index in [1.54, 1.807) is 0 Å². The number of carbonyl (C=O) groups is 1. The predicted molar refractivity (Wildman–Crippen MR) is 65.1 cm³/mol. The molecule has 118 valence electrons. The van der Waals surface area contributed by atoms with E-state index in [1.807, 2.05) is 0 Å². The van der Waals surface area contributed by atoms with Gasteiger partial charge in [-0.25, -0.2) is 13.6 Å². The van der Waals surface area contributed by atoms with Crippen molar-refractivity contribution in [3.05, 3.63) is 29.8 Å². The standard InChI is InChI=1S/C12H13F5N2O2/c1-19(6-9(20)12(15,16)17)11(21)18-8-4-2-3-7(5-8)10(13)14/h2-5,9-10,20H,6H2,1H3,(H,18,21)/t9-/m0/s1. The molecule has 0 fully saturated rings. The van der Waals surface area contributed by atoms with Gasteiger partial charge in [-0.3, -0.25) is 0 Å². The van der Waals surface area contributed by atoms with Gasteiger partial charge in [0.25, 0.3) is 6.43 Å². The number of carbonyl (C=O) groups excluding carboxylic acids is 1. The Morgan fingerprint density at radius 2 is 2.00 bits per heavy atom. The maximum Gasteiger partial charge on any atom is 0.416 e. The molecule has 0 saturated carbocycles. The molecule has 0 spiro atoms. The molecule has 0 unspecified atom stereocenters. The Bertz CT molecular complexity index is 493. The number of urea groups is 1. The van der Waals surface area contributed by atoms with Gasteiger partial charge < -0.3 is 15.3 Å². The number of aliphatic hydroxyl groups is 1. The van der Waals surface area contributed by atoms with Crippen molar-refractivity contribution < 1.29 is 31.9 Å². The highest BCUT2D eigenvalue weighted by Gasteiger charge is 2.39. The van der Waals surface area contributed by atoms with E-state index in [9.17, 15) is 26.7 Å². The Balaban J connectivity index is 2.66. The third-order valence-corrected chi connectivity index (χ3v) is 2.56. The molecular formula is C12H13F5N2O2. The second-order valence-corrected chi connectivity index (χ2v) is 4.29. The molecule has 0 saturated heterocycles. The molecule has 0 aliphatic carbocycles.